The van der Waals surface area contributed by atoms with Crippen LogP contribution < -0.4 is 0 Å². The van der Waals surface area contributed by atoms with E-state index in [2.05, 4.69) is 20.4 Å². The quantitative estimate of drug-likeness (QED) is 0.595. The van der Waals surface area contributed by atoms with Crippen LogP contribution in [0.1, 0.15) is 52.9 Å². The first-order valence-corrected chi connectivity index (χ1v) is 7.15. The molecule has 0 aromatic rings. The minimum atomic E-state index is -0.691. The predicted molar refractivity (Wildman–Crippen MR) is 73.3 cm³/mol. The van der Waals surface area contributed by atoms with E-state index in [4.69, 9.17) is 11.6 Å². The molecule has 0 saturated heterocycles. The normalized spacial score (nSPS) is 48.1. The number of rotatable bonds is 3. The Morgan fingerprint density at radius 1 is 1.35 bits per heavy atom. The fourth-order valence-electron chi connectivity index (χ4n) is 4.56. The van der Waals surface area contributed by atoms with Crippen molar-refractivity contribution in [1.82, 2.24) is 0 Å². The molecule has 2 aliphatic carbocycles. The van der Waals surface area contributed by atoms with E-state index in [0.717, 1.165) is 25.7 Å². The van der Waals surface area contributed by atoms with Crippen LogP contribution in [-0.4, -0.2) is 16.1 Å². The van der Waals surface area contributed by atoms with Gasteiger partial charge >= 0.3 is 0 Å². The van der Waals surface area contributed by atoms with Gasteiger partial charge in [0.1, 0.15) is 0 Å². The van der Waals surface area contributed by atoms with Gasteiger partial charge < -0.3 is 5.11 Å². The van der Waals surface area contributed by atoms with Crippen LogP contribution in [0.2, 0.25) is 0 Å². The summed E-state index contributed by atoms with van der Waals surface area (Å²) in [5, 5.41) is 10.3. The van der Waals surface area contributed by atoms with Gasteiger partial charge in [-0.15, -0.1) is 18.2 Å². The Labute approximate surface area is 110 Å². The van der Waals surface area contributed by atoms with Crippen molar-refractivity contribution in [2.45, 2.75) is 63.9 Å². The van der Waals surface area contributed by atoms with Crippen LogP contribution in [-0.2, 0) is 0 Å². The van der Waals surface area contributed by atoms with Crippen molar-refractivity contribution in [3.63, 3.8) is 0 Å². The van der Waals surface area contributed by atoms with E-state index in [1.165, 1.54) is 6.42 Å². The van der Waals surface area contributed by atoms with Crippen molar-refractivity contribution in [1.29, 1.82) is 0 Å². The lowest BCUT2D eigenvalue weighted by atomic mass is 9.74. The Hall–Kier alpha value is -0.0100. The van der Waals surface area contributed by atoms with Crippen LogP contribution in [0.4, 0.5) is 0 Å². The average Bonchev–Trinajstić information content (AvgIpc) is 2.53. The molecular weight excluding hydrogens is 232 g/mol. The summed E-state index contributed by atoms with van der Waals surface area (Å²) in [6.45, 7) is 10.4. The molecule has 0 aromatic heterocycles. The summed E-state index contributed by atoms with van der Waals surface area (Å²) >= 11 is 6.64. The zero-order valence-corrected chi connectivity index (χ0v) is 12.1. The third kappa shape index (κ3) is 2.06. The zero-order valence-electron chi connectivity index (χ0n) is 11.3. The number of fused-ring (bicyclic) bond motifs is 1. The molecule has 0 bridgehead atoms. The number of allylic oxidation sites excluding steroid dienone is 1. The second kappa shape index (κ2) is 3.99. The van der Waals surface area contributed by atoms with Crippen molar-refractivity contribution in [3.05, 3.63) is 12.7 Å². The summed E-state index contributed by atoms with van der Waals surface area (Å²) < 4.78 is 0. The number of aliphatic hydroxyl groups is 1. The summed E-state index contributed by atoms with van der Waals surface area (Å²) in [4.78, 5) is 0. The van der Waals surface area contributed by atoms with Gasteiger partial charge in [-0.1, -0.05) is 19.9 Å². The number of halogens is 1. The molecule has 98 valence electrons. The molecule has 2 fully saturated rings. The molecule has 0 radical (unpaired) electrons. The minimum absolute atomic E-state index is 0.110. The Balaban J connectivity index is 2.30. The van der Waals surface area contributed by atoms with Gasteiger partial charge in [-0.25, -0.2) is 0 Å². The molecule has 4 atom stereocenters. The van der Waals surface area contributed by atoms with E-state index in [9.17, 15) is 5.11 Å². The number of hydrogen-bond acceptors (Lipinski definition) is 1. The maximum Gasteiger partial charge on any atom is 0.0791 e. The van der Waals surface area contributed by atoms with Crippen LogP contribution in [0.15, 0.2) is 12.7 Å². The van der Waals surface area contributed by atoms with Gasteiger partial charge in [0.2, 0.25) is 0 Å². The first-order chi connectivity index (χ1) is 7.73. The van der Waals surface area contributed by atoms with Crippen LogP contribution in [0.25, 0.3) is 0 Å². The molecule has 2 rings (SSSR count). The first-order valence-electron chi connectivity index (χ1n) is 6.71. The van der Waals surface area contributed by atoms with E-state index >= 15 is 0 Å². The van der Waals surface area contributed by atoms with Crippen LogP contribution in [0.5, 0.6) is 0 Å². The number of hydrogen-bond donors (Lipinski definition) is 1. The molecule has 0 aromatic carbocycles. The van der Waals surface area contributed by atoms with Gasteiger partial charge in [-0.05, 0) is 55.8 Å². The summed E-state index contributed by atoms with van der Waals surface area (Å²) in [5.41, 5.74) is -0.192. The van der Waals surface area contributed by atoms with Crippen molar-refractivity contribution in [2.24, 2.45) is 16.7 Å². The lowest BCUT2D eigenvalue weighted by Crippen LogP contribution is -2.40. The maximum atomic E-state index is 10.4. The topological polar surface area (TPSA) is 20.2 Å². The molecule has 4 unspecified atom stereocenters. The third-order valence-electron chi connectivity index (χ3n) is 4.94. The second-order valence-corrected chi connectivity index (χ2v) is 7.66. The summed E-state index contributed by atoms with van der Waals surface area (Å²) in [5.74, 6) is 0.579. The molecule has 1 N–H and O–H groups in total. The molecule has 1 nitrogen and oxygen atoms in total. The van der Waals surface area contributed by atoms with Gasteiger partial charge in [0, 0.05) is 0 Å². The lowest BCUT2D eigenvalue weighted by molar-refractivity contribution is 0.0476. The predicted octanol–water partition coefficient (Wildman–Crippen LogP) is 4.14. The SMILES string of the molecule is C=CCCC12CC(C)(C)CC1CC(C)(O)C2Cl. The van der Waals surface area contributed by atoms with Crippen LogP contribution in [0.3, 0.4) is 0 Å². The first kappa shape index (κ1) is 13.4. The highest BCUT2D eigenvalue weighted by Crippen LogP contribution is 2.66. The Morgan fingerprint density at radius 2 is 2.00 bits per heavy atom. The van der Waals surface area contributed by atoms with E-state index < -0.39 is 5.60 Å². The Bertz CT molecular complexity index is 321. The van der Waals surface area contributed by atoms with Gasteiger partial charge in [-0.2, -0.15) is 0 Å². The van der Waals surface area contributed by atoms with E-state index in [1.54, 1.807) is 0 Å². The fraction of sp³-hybridized carbons (Fsp3) is 0.867. The highest BCUT2D eigenvalue weighted by molar-refractivity contribution is 6.22. The fourth-order valence-corrected chi connectivity index (χ4v) is 5.01. The zero-order chi connectivity index (χ0) is 12.9. The van der Waals surface area contributed by atoms with Crippen LogP contribution >= 0.6 is 11.6 Å². The van der Waals surface area contributed by atoms with Crippen molar-refractivity contribution in [2.75, 3.05) is 0 Å². The van der Waals surface area contributed by atoms with Gasteiger partial charge in [-0.3, -0.25) is 0 Å². The molecule has 0 aliphatic heterocycles. The molecular formula is C15H25ClO. The standard InChI is InChI=1S/C15H25ClO/c1-5-6-7-15-10-13(2,3)8-11(15)9-14(4,17)12(15)16/h5,11-12,17H,1,6-10H2,2-4H3. The Morgan fingerprint density at radius 3 is 2.59 bits per heavy atom. The monoisotopic (exact) mass is 256 g/mol. The molecule has 17 heavy (non-hydrogen) atoms. The highest BCUT2D eigenvalue weighted by Gasteiger charge is 2.63. The molecule has 2 heteroatoms. The summed E-state index contributed by atoms with van der Waals surface area (Å²) in [7, 11) is 0. The van der Waals surface area contributed by atoms with E-state index in [-0.39, 0.29) is 10.8 Å². The minimum Gasteiger partial charge on any atom is -0.389 e. The van der Waals surface area contributed by atoms with Crippen LogP contribution in [0, 0.1) is 16.7 Å². The van der Waals surface area contributed by atoms with Gasteiger partial charge in [0.25, 0.3) is 0 Å². The largest absolute Gasteiger partial charge is 0.389 e. The van der Waals surface area contributed by atoms with Crippen molar-refractivity contribution in [3.8, 4) is 0 Å². The van der Waals surface area contributed by atoms with E-state index in [0.29, 0.717) is 11.3 Å². The van der Waals surface area contributed by atoms with Crippen molar-refractivity contribution < 1.29 is 5.11 Å². The second-order valence-electron chi connectivity index (χ2n) is 7.23. The Kier molecular flexibility index (Phi) is 3.15. The van der Waals surface area contributed by atoms with Crippen molar-refractivity contribution >= 4 is 11.6 Å². The smallest absolute Gasteiger partial charge is 0.0791 e. The third-order valence-corrected chi connectivity index (χ3v) is 5.85. The lowest BCUT2D eigenvalue weighted by Gasteiger charge is -2.36. The molecule has 2 saturated carbocycles. The van der Waals surface area contributed by atoms with Gasteiger partial charge in [0.05, 0.1) is 11.0 Å². The molecule has 0 amide bonds. The molecule has 0 spiro atoms. The van der Waals surface area contributed by atoms with E-state index in [1.807, 2.05) is 13.0 Å². The summed E-state index contributed by atoms with van der Waals surface area (Å²) in [6, 6.07) is 0. The molecule has 0 heterocycles. The number of alkyl halides is 1. The highest BCUT2D eigenvalue weighted by atomic mass is 35.5. The van der Waals surface area contributed by atoms with Gasteiger partial charge in [0.15, 0.2) is 0 Å². The maximum absolute atomic E-state index is 10.4. The summed E-state index contributed by atoms with van der Waals surface area (Å²) in [6.07, 6.45) is 7.27. The average molecular weight is 257 g/mol. The molecule has 2 aliphatic rings.